The van der Waals surface area contributed by atoms with Gasteiger partial charge in [0.15, 0.2) is 6.79 Å². The molecule has 9 heteroatoms. The number of hydrogen-bond acceptors (Lipinski definition) is 5. The Morgan fingerprint density at radius 1 is 1.00 bits per heavy atom. The molecular weight excluding hydrogens is 234 g/mol. The van der Waals surface area contributed by atoms with E-state index in [1.165, 1.54) is 0 Å². The van der Waals surface area contributed by atoms with Gasteiger partial charge in [-0.2, -0.15) is 0 Å². The van der Waals surface area contributed by atoms with E-state index in [4.69, 9.17) is 14.5 Å². The van der Waals surface area contributed by atoms with Crippen LogP contribution in [0.2, 0.25) is 0 Å². The predicted molar refractivity (Wildman–Crippen MR) is 51.6 cm³/mol. The van der Waals surface area contributed by atoms with E-state index in [-0.39, 0.29) is 0 Å². The monoisotopic (exact) mass is 250 g/mol. The van der Waals surface area contributed by atoms with E-state index >= 15 is 0 Å². The SMILES string of the molecule is CCOCC.O=[PH](O)OCO[PH](=O)O. The fourth-order valence-electron chi connectivity index (χ4n) is 0.334. The quantitative estimate of drug-likeness (QED) is 0.530. The van der Waals surface area contributed by atoms with Gasteiger partial charge in [0.1, 0.15) is 0 Å². The lowest BCUT2D eigenvalue weighted by molar-refractivity contribution is 0.110. The average molecular weight is 250 g/mol. The topological polar surface area (TPSA) is 102 Å². The van der Waals surface area contributed by atoms with Gasteiger partial charge in [0.2, 0.25) is 0 Å². The maximum Gasteiger partial charge on any atom is 0.318 e. The minimum absolute atomic E-state index is 0.622. The zero-order valence-corrected chi connectivity index (χ0v) is 10.1. The second kappa shape index (κ2) is 13.3. The first-order valence-corrected chi connectivity index (χ1v) is 6.36. The summed E-state index contributed by atoms with van der Waals surface area (Å²) < 4.78 is 32.0. The second-order valence-electron chi connectivity index (χ2n) is 1.72. The van der Waals surface area contributed by atoms with E-state index in [0.717, 1.165) is 13.2 Å². The summed E-state index contributed by atoms with van der Waals surface area (Å²) in [6.07, 6.45) is 0. The molecule has 0 aliphatic rings. The average Bonchev–Trinajstić information content (AvgIpc) is 2.05. The zero-order chi connectivity index (χ0) is 11.4. The first kappa shape index (κ1) is 16.7. The van der Waals surface area contributed by atoms with Crippen LogP contribution in [0.4, 0.5) is 0 Å². The molecule has 88 valence electrons. The molecule has 2 atom stereocenters. The number of ether oxygens (including phenoxy) is 1. The minimum atomic E-state index is -3.04. The highest BCUT2D eigenvalue weighted by Gasteiger charge is 1.93. The minimum Gasteiger partial charge on any atom is -0.382 e. The standard InChI is InChI=1S/C4H10O.CH6O6P2/c1-3-5-4-2;2-8(3)6-1-7-9(4)5/h3-4H2,1-2H3;8-9H,1H2,(H,2,3)(H,4,5). The Morgan fingerprint density at radius 2 is 1.36 bits per heavy atom. The zero-order valence-electron chi connectivity index (χ0n) is 8.06. The van der Waals surface area contributed by atoms with Gasteiger partial charge in [-0.1, -0.05) is 0 Å². The summed E-state index contributed by atoms with van der Waals surface area (Å²) in [6.45, 7) is 5.04. The summed E-state index contributed by atoms with van der Waals surface area (Å²) in [4.78, 5) is 15.9. The Balaban J connectivity index is 0. The van der Waals surface area contributed by atoms with E-state index in [1.807, 2.05) is 13.8 Å². The van der Waals surface area contributed by atoms with Crippen LogP contribution in [-0.2, 0) is 22.9 Å². The van der Waals surface area contributed by atoms with Crippen molar-refractivity contribution in [2.45, 2.75) is 13.8 Å². The largest absolute Gasteiger partial charge is 0.382 e. The number of hydrogen-bond donors (Lipinski definition) is 2. The lowest BCUT2D eigenvalue weighted by atomic mass is 10.8. The molecule has 14 heavy (non-hydrogen) atoms. The molecular formula is C5H16O7P2. The molecule has 0 aliphatic heterocycles. The molecule has 0 fully saturated rings. The van der Waals surface area contributed by atoms with Crippen molar-refractivity contribution >= 4 is 16.5 Å². The maximum atomic E-state index is 9.69. The third kappa shape index (κ3) is 22.8. The van der Waals surface area contributed by atoms with Crippen LogP contribution >= 0.6 is 16.5 Å². The maximum absolute atomic E-state index is 9.69. The van der Waals surface area contributed by atoms with E-state index in [2.05, 4.69) is 9.05 Å². The van der Waals surface area contributed by atoms with Gasteiger partial charge in [0, 0.05) is 13.2 Å². The van der Waals surface area contributed by atoms with Crippen molar-refractivity contribution in [3.05, 3.63) is 0 Å². The molecule has 0 heterocycles. The third-order valence-electron chi connectivity index (χ3n) is 0.773. The molecule has 0 rings (SSSR count). The van der Waals surface area contributed by atoms with Crippen LogP contribution in [0.25, 0.3) is 0 Å². The molecule has 0 aromatic rings. The van der Waals surface area contributed by atoms with Crippen LogP contribution in [0, 0.1) is 0 Å². The molecule has 0 bridgehead atoms. The van der Waals surface area contributed by atoms with Gasteiger partial charge < -0.3 is 14.5 Å². The van der Waals surface area contributed by atoms with Gasteiger partial charge in [-0.25, -0.2) is 0 Å². The predicted octanol–water partition coefficient (Wildman–Crippen LogP) is 0.784. The fourth-order valence-corrected chi connectivity index (χ4v) is 0.772. The van der Waals surface area contributed by atoms with Gasteiger partial charge in [0.05, 0.1) is 0 Å². The van der Waals surface area contributed by atoms with Crippen LogP contribution in [0.15, 0.2) is 0 Å². The fraction of sp³-hybridized carbons (Fsp3) is 1.00. The van der Waals surface area contributed by atoms with E-state index in [0.29, 0.717) is 0 Å². The van der Waals surface area contributed by atoms with Crippen molar-refractivity contribution in [3.8, 4) is 0 Å². The summed E-state index contributed by atoms with van der Waals surface area (Å²) in [5.41, 5.74) is 0. The summed E-state index contributed by atoms with van der Waals surface area (Å²) in [7, 11) is -6.08. The summed E-state index contributed by atoms with van der Waals surface area (Å²) in [6, 6.07) is 0. The molecule has 0 spiro atoms. The van der Waals surface area contributed by atoms with Crippen molar-refractivity contribution in [2.24, 2.45) is 0 Å². The molecule has 0 saturated heterocycles. The molecule has 0 radical (unpaired) electrons. The van der Waals surface area contributed by atoms with Gasteiger partial charge in [-0.3, -0.25) is 18.2 Å². The van der Waals surface area contributed by atoms with Gasteiger partial charge in [-0.15, -0.1) is 0 Å². The Hall–Kier alpha value is 0.260. The van der Waals surface area contributed by atoms with Crippen molar-refractivity contribution in [2.75, 3.05) is 20.0 Å². The van der Waals surface area contributed by atoms with E-state index < -0.39 is 23.3 Å². The Bertz CT molecular complexity index is 146. The highest BCUT2D eigenvalue weighted by Crippen LogP contribution is 2.19. The Kier molecular flexibility index (Phi) is 15.8. The summed E-state index contributed by atoms with van der Waals surface area (Å²) in [5.74, 6) is 0. The Labute approximate surface area is 83.9 Å². The summed E-state index contributed by atoms with van der Waals surface area (Å²) >= 11 is 0. The molecule has 0 aliphatic carbocycles. The van der Waals surface area contributed by atoms with Crippen LogP contribution in [0.5, 0.6) is 0 Å². The third-order valence-corrected chi connectivity index (χ3v) is 1.50. The van der Waals surface area contributed by atoms with Crippen molar-refractivity contribution < 1.29 is 32.7 Å². The van der Waals surface area contributed by atoms with E-state index in [1.54, 1.807) is 0 Å². The van der Waals surface area contributed by atoms with Gasteiger partial charge >= 0.3 is 16.5 Å². The molecule has 2 unspecified atom stereocenters. The van der Waals surface area contributed by atoms with Gasteiger partial charge in [0.25, 0.3) is 0 Å². The van der Waals surface area contributed by atoms with Crippen molar-refractivity contribution in [1.82, 2.24) is 0 Å². The van der Waals surface area contributed by atoms with Gasteiger partial charge in [-0.05, 0) is 13.8 Å². The van der Waals surface area contributed by atoms with Crippen LogP contribution < -0.4 is 0 Å². The molecule has 7 nitrogen and oxygen atoms in total. The summed E-state index contributed by atoms with van der Waals surface area (Å²) in [5, 5.41) is 0. The highest BCUT2D eigenvalue weighted by atomic mass is 31.1. The van der Waals surface area contributed by atoms with Crippen LogP contribution in [0.1, 0.15) is 13.8 Å². The highest BCUT2D eigenvalue weighted by molar-refractivity contribution is 7.32. The molecule has 2 N–H and O–H groups in total. The Morgan fingerprint density at radius 3 is 1.50 bits per heavy atom. The number of rotatable bonds is 6. The molecule has 0 aromatic carbocycles. The van der Waals surface area contributed by atoms with Crippen LogP contribution in [0.3, 0.4) is 0 Å². The second-order valence-corrected chi connectivity index (χ2v) is 3.36. The molecule has 0 aromatic heterocycles. The molecule has 0 saturated carbocycles. The van der Waals surface area contributed by atoms with Crippen LogP contribution in [-0.4, -0.2) is 29.8 Å². The molecule has 0 amide bonds. The van der Waals surface area contributed by atoms with Crippen molar-refractivity contribution in [1.29, 1.82) is 0 Å². The first-order chi connectivity index (χ1) is 6.54. The van der Waals surface area contributed by atoms with Crippen molar-refractivity contribution in [3.63, 3.8) is 0 Å². The normalized spacial score (nSPS) is 14.0. The lowest BCUT2D eigenvalue weighted by Gasteiger charge is -1.96. The first-order valence-electron chi connectivity index (χ1n) is 3.83. The van der Waals surface area contributed by atoms with E-state index in [9.17, 15) is 9.13 Å². The smallest absolute Gasteiger partial charge is 0.318 e. The lowest BCUT2D eigenvalue weighted by Crippen LogP contribution is -1.85.